The van der Waals surface area contributed by atoms with E-state index >= 15 is 0 Å². The highest BCUT2D eigenvalue weighted by Gasteiger charge is 2.42. The van der Waals surface area contributed by atoms with Crippen LogP contribution in [0.2, 0.25) is 0 Å². The van der Waals surface area contributed by atoms with Crippen LogP contribution in [0.15, 0.2) is 60.2 Å². The molecule has 40 heavy (non-hydrogen) atoms. The maximum Gasteiger partial charge on any atom is 0.220 e. The number of fused-ring (bicyclic) bond motifs is 2. The second-order valence-electron chi connectivity index (χ2n) is 11.8. The van der Waals surface area contributed by atoms with Crippen LogP contribution in [0.25, 0.3) is 6.08 Å². The van der Waals surface area contributed by atoms with E-state index in [1.807, 2.05) is 66.4 Å². The van der Waals surface area contributed by atoms with E-state index in [0.29, 0.717) is 36.1 Å². The van der Waals surface area contributed by atoms with E-state index in [1.54, 1.807) is 0 Å². The average Bonchev–Trinajstić information content (AvgIpc) is 3.60. The zero-order chi connectivity index (χ0) is 27.5. The Morgan fingerprint density at radius 2 is 1.70 bits per heavy atom. The summed E-state index contributed by atoms with van der Waals surface area (Å²) in [6.07, 6.45) is 10.2. The number of ketones is 1. The quantitative estimate of drug-likeness (QED) is 0.291. The lowest BCUT2D eigenvalue weighted by Gasteiger charge is -2.32. The van der Waals surface area contributed by atoms with Crippen molar-refractivity contribution < 1.29 is 14.4 Å². The number of benzene rings is 2. The summed E-state index contributed by atoms with van der Waals surface area (Å²) >= 11 is 1.99. The van der Waals surface area contributed by atoms with Crippen LogP contribution < -0.4 is 16.0 Å². The van der Waals surface area contributed by atoms with Crippen molar-refractivity contribution in [2.24, 2.45) is 5.92 Å². The molecule has 0 aromatic heterocycles. The molecule has 210 valence electrons. The number of rotatable bonds is 9. The first-order valence-electron chi connectivity index (χ1n) is 14.9. The molecule has 2 aromatic carbocycles. The summed E-state index contributed by atoms with van der Waals surface area (Å²) in [7, 11) is 0. The molecule has 2 aliphatic carbocycles. The Kier molecular flexibility index (Phi) is 8.40. The molecular formula is C33H39N3O3S. The highest BCUT2D eigenvalue weighted by molar-refractivity contribution is 8.00. The highest BCUT2D eigenvalue weighted by atomic mass is 32.2. The van der Waals surface area contributed by atoms with Gasteiger partial charge in [-0.15, -0.1) is 0 Å². The zero-order valence-electron chi connectivity index (χ0n) is 22.9. The number of hydrogen-bond acceptors (Lipinski definition) is 5. The summed E-state index contributed by atoms with van der Waals surface area (Å²) in [6, 6.07) is 18.8. The smallest absolute Gasteiger partial charge is 0.220 e. The van der Waals surface area contributed by atoms with Crippen molar-refractivity contribution >= 4 is 35.4 Å². The van der Waals surface area contributed by atoms with Crippen LogP contribution >= 0.6 is 11.8 Å². The molecule has 3 N–H and O–H groups in total. The molecule has 2 saturated heterocycles. The van der Waals surface area contributed by atoms with Crippen molar-refractivity contribution in [1.29, 1.82) is 0 Å². The SMILES string of the molecule is O=C(CCCCC1SC[C@@H]2NC(=O)C[C@H]12)NC1CCC(N[C@H]2/C(=C\c3ccccc3)C(=O)c3ccccc32)CC1. The minimum absolute atomic E-state index is 0.105. The van der Waals surface area contributed by atoms with E-state index in [-0.39, 0.29) is 29.7 Å². The van der Waals surface area contributed by atoms with Crippen LogP contribution in [-0.4, -0.2) is 46.7 Å². The number of thioether (sulfide) groups is 1. The van der Waals surface area contributed by atoms with Gasteiger partial charge in [0, 0.05) is 59.0 Å². The van der Waals surface area contributed by atoms with Gasteiger partial charge in [0.1, 0.15) is 0 Å². The second-order valence-corrected chi connectivity index (χ2v) is 13.1. The molecule has 2 amide bonds. The van der Waals surface area contributed by atoms with E-state index < -0.39 is 0 Å². The molecule has 1 saturated carbocycles. The Hall–Kier alpha value is -2.90. The van der Waals surface area contributed by atoms with Crippen molar-refractivity contribution in [3.05, 3.63) is 76.9 Å². The fourth-order valence-corrected chi connectivity index (χ4v) is 8.62. The van der Waals surface area contributed by atoms with Crippen molar-refractivity contribution in [3.63, 3.8) is 0 Å². The third-order valence-corrected chi connectivity index (χ3v) is 10.7. The van der Waals surface area contributed by atoms with Gasteiger partial charge in [-0.2, -0.15) is 11.8 Å². The van der Waals surface area contributed by atoms with E-state index in [4.69, 9.17) is 0 Å². The molecule has 2 heterocycles. The number of amides is 2. The van der Waals surface area contributed by atoms with Crippen molar-refractivity contribution in [2.45, 2.75) is 87.2 Å². The minimum Gasteiger partial charge on any atom is -0.353 e. The second kappa shape index (κ2) is 12.3. The Morgan fingerprint density at radius 1 is 0.950 bits per heavy atom. The van der Waals surface area contributed by atoms with Crippen LogP contribution in [0.5, 0.6) is 0 Å². The largest absolute Gasteiger partial charge is 0.353 e. The normalized spacial score (nSPS) is 30.2. The van der Waals surface area contributed by atoms with Gasteiger partial charge in [0.25, 0.3) is 0 Å². The molecule has 6 nitrogen and oxygen atoms in total. The van der Waals surface area contributed by atoms with Crippen LogP contribution in [0, 0.1) is 5.92 Å². The van der Waals surface area contributed by atoms with Gasteiger partial charge in [-0.1, -0.05) is 61.0 Å². The van der Waals surface area contributed by atoms with Crippen LogP contribution in [0.3, 0.4) is 0 Å². The fourth-order valence-electron chi connectivity index (χ4n) is 6.97. The standard InChI is InChI=1S/C33H39N3O3S/c37-30(13-7-6-12-29-26-19-31(38)36-28(26)20-40-29)34-22-14-16-23(17-15-22)35-32-24-10-4-5-11-25(24)33(39)27(32)18-21-8-2-1-3-9-21/h1-5,8-11,18,22-23,26,28-29,32,35H,6-7,12-17,19-20H2,(H,34,37)(H,36,38)/b27-18+/t22?,23?,26-,28-,29?,32+/m0/s1. The molecule has 4 atom stereocenters. The van der Waals surface area contributed by atoms with Gasteiger partial charge in [0.15, 0.2) is 5.78 Å². The van der Waals surface area contributed by atoms with Crippen LogP contribution in [0.1, 0.15) is 85.3 Å². The molecule has 0 spiro atoms. The van der Waals surface area contributed by atoms with Gasteiger partial charge in [-0.25, -0.2) is 0 Å². The summed E-state index contributed by atoms with van der Waals surface area (Å²) in [5.41, 5.74) is 3.70. The third-order valence-electron chi connectivity index (χ3n) is 9.10. The maximum absolute atomic E-state index is 13.3. The van der Waals surface area contributed by atoms with Crippen molar-refractivity contribution in [3.8, 4) is 0 Å². The van der Waals surface area contributed by atoms with Gasteiger partial charge < -0.3 is 16.0 Å². The molecule has 6 rings (SSSR count). The molecule has 0 bridgehead atoms. The highest BCUT2D eigenvalue weighted by Crippen LogP contribution is 2.41. The summed E-state index contributed by atoms with van der Waals surface area (Å²) in [5.74, 6) is 1.99. The van der Waals surface area contributed by atoms with Gasteiger partial charge >= 0.3 is 0 Å². The van der Waals surface area contributed by atoms with Crippen molar-refractivity contribution in [2.75, 3.05) is 5.75 Å². The topological polar surface area (TPSA) is 87.3 Å². The summed E-state index contributed by atoms with van der Waals surface area (Å²) in [6.45, 7) is 0. The molecule has 4 aliphatic rings. The monoisotopic (exact) mass is 557 g/mol. The summed E-state index contributed by atoms with van der Waals surface area (Å²) < 4.78 is 0. The Morgan fingerprint density at radius 3 is 2.52 bits per heavy atom. The fraction of sp³-hybridized carbons (Fsp3) is 0.485. The maximum atomic E-state index is 13.3. The minimum atomic E-state index is -0.105. The lowest BCUT2D eigenvalue weighted by Crippen LogP contribution is -2.43. The van der Waals surface area contributed by atoms with Gasteiger partial charge in [-0.05, 0) is 55.7 Å². The molecule has 1 unspecified atom stereocenters. The zero-order valence-corrected chi connectivity index (χ0v) is 23.8. The average molecular weight is 558 g/mol. The van der Waals surface area contributed by atoms with Gasteiger partial charge in [0.2, 0.25) is 11.8 Å². The number of unbranched alkanes of at least 4 members (excludes halogenated alkanes) is 1. The number of carbonyl (C=O) groups is 3. The molecule has 3 fully saturated rings. The Bertz CT molecular complexity index is 1270. The van der Waals surface area contributed by atoms with E-state index in [9.17, 15) is 14.4 Å². The predicted octanol–water partition coefficient (Wildman–Crippen LogP) is 5.21. The van der Waals surface area contributed by atoms with E-state index in [1.165, 1.54) is 0 Å². The summed E-state index contributed by atoms with van der Waals surface area (Å²) in [4.78, 5) is 37.6. The summed E-state index contributed by atoms with van der Waals surface area (Å²) in [5, 5.41) is 10.7. The van der Waals surface area contributed by atoms with E-state index in [0.717, 1.165) is 73.0 Å². The third kappa shape index (κ3) is 6.06. The Labute approximate surface area is 241 Å². The Balaban J connectivity index is 0.962. The number of Topliss-reactive ketones (excluding diaryl/α,β-unsaturated/α-hetero) is 1. The first-order chi connectivity index (χ1) is 19.5. The molecule has 2 aromatic rings. The predicted molar refractivity (Wildman–Crippen MR) is 160 cm³/mol. The lowest BCUT2D eigenvalue weighted by molar-refractivity contribution is -0.122. The van der Waals surface area contributed by atoms with Crippen LogP contribution in [0.4, 0.5) is 0 Å². The molecule has 7 heteroatoms. The number of hydrogen-bond donors (Lipinski definition) is 3. The van der Waals surface area contributed by atoms with Gasteiger partial charge in [0.05, 0.1) is 6.04 Å². The van der Waals surface area contributed by atoms with E-state index in [2.05, 4.69) is 22.0 Å². The first-order valence-corrected chi connectivity index (χ1v) is 16.0. The molecule has 2 aliphatic heterocycles. The molecule has 0 radical (unpaired) electrons. The van der Waals surface area contributed by atoms with Crippen LogP contribution in [-0.2, 0) is 9.59 Å². The molecular weight excluding hydrogens is 518 g/mol. The lowest BCUT2D eigenvalue weighted by atomic mass is 9.89. The van der Waals surface area contributed by atoms with Crippen molar-refractivity contribution in [1.82, 2.24) is 16.0 Å². The first kappa shape index (κ1) is 27.3. The number of nitrogens with one attached hydrogen (secondary N) is 3. The number of carbonyl (C=O) groups excluding carboxylic acids is 3. The van der Waals surface area contributed by atoms with Gasteiger partial charge in [-0.3, -0.25) is 14.4 Å².